The first kappa shape index (κ1) is 8.80. The average Bonchev–Trinajstić information content (AvgIpc) is 2.74. The van der Waals surface area contributed by atoms with Crippen LogP contribution in [0.1, 0.15) is 16.6 Å². The van der Waals surface area contributed by atoms with Crippen LogP contribution in [0, 0.1) is 0 Å². The summed E-state index contributed by atoms with van der Waals surface area (Å²) in [6.07, 6.45) is 2.69. The van der Waals surface area contributed by atoms with Crippen LogP contribution in [0.2, 0.25) is 0 Å². The highest BCUT2D eigenvalue weighted by Crippen LogP contribution is 2.17. The van der Waals surface area contributed by atoms with Gasteiger partial charge in [0.05, 0.1) is 22.8 Å². The summed E-state index contributed by atoms with van der Waals surface area (Å²) in [6, 6.07) is 0.00620. The fraction of sp³-hybridized carbons (Fsp3) is 0.250. The van der Waals surface area contributed by atoms with Crippen molar-refractivity contribution in [2.75, 3.05) is 0 Å². The number of aromatic nitrogens is 2. The van der Waals surface area contributed by atoms with Crippen molar-refractivity contribution in [2.24, 2.45) is 5.73 Å². The maximum atomic E-state index is 5.95. The Balaban J connectivity index is 2.04. The highest BCUT2D eigenvalue weighted by atomic mass is 32.1. The second kappa shape index (κ2) is 3.95. The zero-order valence-corrected chi connectivity index (χ0v) is 8.52. The minimum Gasteiger partial charge on any atom is -0.322 e. The van der Waals surface area contributed by atoms with Crippen molar-refractivity contribution in [1.82, 2.24) is 9.97 Å². The summed E-state index contributed by atoms with van der Waals surface area (Å²) in [4.78, 5) is 9.38. The van der Waals surface area contributed by atoms with E-state index in [-0.39, 0.29) is 6.04 Å². The highest BCUT2D eigenvalue weighted by Gasteiger charge is 2.09. The molecule has 2 rings (SSSR count). The quantitative estimate of drug-likeness (QED) is 0.842. The summed E-state index contributed by atoms with van der Waals surface area (Å²) in [5.41, 5.74) is 10.6. The van der Waals surface area contributed by atoms with Crippen molar-refractivity contribution in [3.8, 4) is 0 Å². The Morgan fingerprint density at radius 3 is 3.00 bits per heavy atom. The molecule has 0 amide bonds. The Labute approximate surface area is 84.3 Å². The molecule has 2 N–H and O–H groups in total. The third-order valence-electron chi connectivity index (χ3n) is 1.74. The minimum absolute atomic E-state index is 0.00620. The third kappa shape index (κ3) is 2.12. The van der Waals surface area contributed by atoms with Crippen LogP contribution in [0.15, 0.2) is 22.6 Å². The number of nitrogens with two attached hydrogens (primary N) is 1. The van der Waals surface area contributed by atoms with Crippen LogP contribution in [0.3, 0.4) is 0 Å². The van der Waals surface area contributed by atoms with Gasteiger partial charge in [-0.3, -0.25) is 4.98 Å². The van der Waals surface area contributed by atoms with E-state index in [1.807, 2.05) is 22.6 Å². The van der Waals surface area contributed by atoms with Crippen LogP contribution in [-0.4, -0.2) is 9.97 Å². The monoisotopic (exact) mass is 211 g/mol. The van der Waals surface area contributed by atoms with Gasteiger partial charge >= 0.3 is 0 Å². The summed E-state index contributed by atoms with van der Waals surface area (Å²) < 4.78 is 0. The Bertz CT molecular complexity index is 341. The first-order valence-corrected chi connectivity index (χ1v) is 5.69. The molecule has 13 heavy (non-hydrogen) atoms. The fourth-order valence-electron chi connectivity index (χ4n) is 1.07. The number of thiazole rings is 2. The molecule has 2 aromatic rings. The lowest BCUT2D eigenvalue weighted by molar-refractivity contribution is 0.708. The van der Waals surface area contributed by atoms with E-state index in [9.17, 15) is 0 Å². The lowest BCUT2D eigenvalue weighted by Gasteiger charge is -2.05. The lowest BCUT2D eigenvalue weighted by atomic mass is 10.1. The molecule has 0 aliphatic rings. The summed E-state index contributed by atoms with van der Waals surface area (Å²) in [7, 11) is 0. The standard InChI is InChI=1S/C8H9N3S2/c9-7(8-3-12-5-11-8)1-6-2-10-4-13-6/h2-5,7H,1,9H2. The van der Waals surface area contributed by atoms with Gasteiger partial charge in [0.1, 0.15) is 0 Å². The molecule has 1 unspecified atom stereocenters. The molecule has 0 aliphatic heterocycles. The van der Waals surface area contributed by atoms with Gasteiger partial charge in [-0.2, -0.15) is 0 Å². The summed E-state index contributed by atoms with van der Waals surface area (Å²) >= 11 is 3.21. The number of hydrogen-bond acceptors (Lipinski definition) is 5. The van der Waals surface area contributed by atoms with E-state index in [0.29, 0.717) is 0 Å². The van der Waals surface area contributed by atoms with E-state index in [0.717, 1.165) is 12.1 Å². The average molecular weight is 211 g/mol. The van der Waals surface area contributed by atoms with Crippen molar-refractivity contribution in [2.45, 2.75) is 12.5 Å². The van der Waals surface area contributed by atoms with Gasteiger partial charge < -0.3 is 5.73 Å². The van der Waals surface area contributed by atoms with Crippen LogP contribution < -0.4 is 5.73 Å². The maximum absolute atomic E-state index is 5.95. The molecule has 2 aromatic heterocycles. The zero-order valence-electron chi connectivity index (χ0n) is 6.88. The maximum Gasteiger partial charge on any atom is 0.0795 e. The van der Waals surface area contributed by atoms with Gasteiger partial charge in [0, 0.05) is 22.9 Å². The molecule has 0 bridgehead atoms. The number of nitrogens with zero attached hydrogens (tertiary/aromatic N) is 2. The van der Waals surface area contributed by atoms with E-state index in [1.165, 1.54) is 4.88 Å². The van der Waals surface area contributed by atoms with Gasteiger partial charge in [-0.15, -0.1) is 22.7 Å². The molecule has 0 saturated heterocycles. The third-order valence-corrected chi connectivity index (χ3v) is 3.14. The lowest BCUT2D eigenvalue weighted by Crippen LogP contribution is -2.12. The van der Waals surface area contributed by atoms with Crippen molar-refractivity contribution in [3.05, 3.63) is 33.2 Å². The minimum atomic E-state index is 0.00620. The summed E-state index contributed by atoms with van der Waals surface area (Å²) in [6.45, 7) is 0. The second-order valence-electron chi connectivity index (χ2n) is 2.69. The predicted octanol–water partition coefficient (Wildman–Crippen LogP) is 1.84. The van der Waals surface area contributed by atoms with Crippen molar-refractivity contribution in [3.63, 3.8) is 0 Å². The number of rotatable bonds is 3. The van der Waals surface area contributed by atoms with Crippen molar-refractivity contribution >= 4 is 22.7 Å². The molecule has 0 aliphatic carbocycles. The normalized spacial score (nSPS) is 13.0. The van der Waals surface area contributed by atoms with Crippen LogP contribution >= 0.6 is 22.7 Å². The van der Waals surface area contributed by atoms with E-state index in [1.54, 1.807) is 22.7 Å². The van der Waals surface area contributed by atoms with Crippen LogP contribution in [-0.2, 0) is 6.42 Å². The first-order chi connectivity index (χ1) is 6.36. The fourth-order valence-corrected chi connectivity index (χ4v) is 2.34. The van der Waals surface area contributed by atoms with Gasteiger partial charge in [0.15, 0.2) is 0 Å². The highest BCUT2D eigenvalue weighted by molar-refractivity contribution is 7.09. The zero-order chi connectivity index (χ0) is 9.10. The van der Waals surface area contributed by atoms with Gasteiger partial charge in [-0.1, -0.05) is 0 Å². The molecular formula is C8H9N3S2. The Kier molecular flexibility index (Phi) is 2.68. The molecule has 5 heteroatoms. The van der Waals surface area contributed by atoms with E-state index in [4.69, 9.17) is 5.73 Å². The van der Waals surface area contributed by atoms with Crippen LogP contribution in [0.5, 0.6) is 0 Å². The molecule has 0 fully saturated rings. The largest absolute Gasteiger partial charge is 0.322 e. The molecule has 68 valence electrons. The second-order valence-corrected chi connectivity index (χ2v) is 4.38. The molecule has 1 atom stereocenters. The topological polar surface area (TPSA) is 51.8 Å². The molecule has 0 saturated carbocycles. The molecular weight excluding hydrogens is 202 g/mol. The molecule has 0 radical (unpaired) electrons. The summed E-state index contributed by atoms with van der Waals surface area (Å²) in [5, 5.41) is 1.99. The molecule has 2 heterocycles. The molecule has 0 spiro atoms. The van der Waals surface area contributed by atoms with Gasteiger partial charge in [0.2, 0.25) is 0 Å². The van der Waals surface area contributed by atoms with E-state index in [2.05, 4.69) is 9.97 Å². The molecule has 0 aromatic carbocycles. The Morgan fingerprint density at radius 1 is 1.46 bits per heavy atom. The van der Waals surface area contributed by atoms with Crippen LogP contribution in [0.4, 0.5) is 0 Å². The van der Waals surface area contributed by atoms with Crippen molar-refractivity contribution < 1.29 is 0 Å². The Morgan fingerprint density at radius 2 is 2.38 bits per heavy atom. The van der Waals surface area contributed by atoms with Gasteiger partial charge in [-0.25, -0.2) is 4.98 Å². The first-order valence-electron chi connectivity index (χ1n) is 3.87. The smallest absolute Gasteiger partial charge is 0.0795 e. The van der Waals surface area contributed by atoms with Crippen LogP contribution in [0.25, 0.3) is 0 Å². The predicted molar refractivity (Wildman–Crippen MR) is 54.9 cm³/mol. The van der Waals surface area contributed by atoms with E-state index < -0.39 is 0 Å². The van der Waals surface area contributed by atoms with Gasteiger partial charge in [0.25, 0.3) is 0 Å². The summed E-state index contributed by atoms with van der Waals surface area (Å²) in [5.74, 6) is 0. The van der Waals surface area contributed by atoms with Gasteiger partial charge in [-0.05, 0) is 0 Å². The molecule has 3 nitrogen and oxygen atoms in total. The number of hydrogen-bond donors (Lipinski definition) is 1. The van der Waals surface area contributed by atoms with Crippen molar-refractivity contribution in [1.29, 1.82) is 0 Å². The SMILES string of the molecule is NC(Cc1cncs1)c1cscn1. The van der Waals surface area contributed by atoms with E-state index >= 15 is 0 Å². The Hall–Kier alpha value is -0.780.